The maximum Gasteiger partial charge on any atom is 0.0195 e. The predicted molar refractivity (Wildman–Crippen MR) is 77.9 cm³/mol. The van der Waals surface area contributed by atoms with E-state index in [0.29, 0.717) is 0 Å². The van der Waals surface area contributed by atoms with E-state index in [1.54, 1.807) is 0 Å². The Morgan fingerprint density at radius 2 is 2.06 bits per heavy atom. The highest BCUT2D eigenvalue weighted by Crippen LogP contribution is 2.28. The maximum absolute atomic E-state index is 3.69. The van der Waals surface area contributed by atoms with Crippen LogP contribution in [0.15, 0.2) is 0 Å². The van der Waals surface area contributed by atoms with E-state index < -0.39 is 0 Å². The minimum absolute atomic E-state index is 0.782. The zero-order valence-corrected chi connectivity index (χ0v) is 12.1. The lowest BCUT2D eigenvalue weighted by atomic mass is 10.0. The SMILES string of the molecule is CSCCCCN(CC1CCCCN1)C1CC1. The molecule has 2 aliphatic rings. The number of hydrogen-bond acceptors (Lipinski definition) is 3. The third-order valence-corrected chi connectivity index (χ3v) is 4.67. The molecule has 0 aromatic rings. The number of nitrogens with zero attached hydrogens (tertiary/aromatic N) is 1. The summed E-state index contributed by atoms with van der Waals surface area (Å²) in [6.45, 7) is 3.89. The van der Waals surface area contributed by atoms with Crippen LogP contribution in [0.2, 0.25) is 0 Å². The van der Waals surface area contributed by atoms with Crippen LogP contribution in [0.3, 0.4) is 0 Å². The van der Waals surface area contributed by atoms with Crippen molar-refractivity contribution in [1.82, 2.24) is 10.2 Å². The van der Waals surface area contributed by atoms with Gasteiger partial charge in [0.2, 0.25) is 0 Å². The van der Waals surface area contributed by atoms with Crippen LogP contribution in [0.4, 0.5) is 0 Å². The number of hydrogen-bond donors (Lipinski definition) is 1. The first-order valence-corrected chi connectivity index (χ1v) is 8.76. The van der Waals surface area contributed by atoms with Gasteiger partial charge in [-0.3, -0.25) is 4.90 Å². The Kier molecular flexibility index (Phi) is 6.16. The Labute approximate surface area is 111 Å². The van der Waals surface area contributed by atoms with Crippen molar-refractivity contribution >= 4 is 11.8 Å². The fraction of sp³-hybridized carbons (Fsp3) is 1.00. The molecule has 17 heavy (non-hydrogen) atoms. The number of rotatable bonds is 8. The third-order valence-electron chi connectivity index (χ3n) is 3.97. The molecule has 0 radical (unpaired) electrons. The van der Waals surface area contributed by atoms with E-state index in [0.717, 1.165) is 12.1 Å². The van der Waals surface area contributed by atoms with Crippen molar-refractivity contribution in [3.05, 3.63) is 0 Å². The van der Waals surface area contributed by atoms with Crippen LogP contribution >= 0.6 is 11.8 Å². The van der Waals surface area contributed by atoms with Gasteiger partial charge in [0, 0.05) is 18.6 Å². The van der Waals surface area contributed by atoms with Crippen LogP contribution in [0, 0.1) is 0 Å². The molecule has 3 heteroatoms. The van der Waals surface area contributed by atoms with Crippen molar-refractivity contribution < 1.29 is 0 Å². The summed E-state index contributed by atoms with van der Waals surface area (Å²) in [5.41, 5.74) is 0. The highest BCUT2D eigenvalue weighted by Gasteiger charge is 2.30. The van der Waals surface area contributed by atoms with Gasteiger partial charge in [-0.25, -0.2) is 0 Å². The summed E-state index contributed by atoms with van der Waals surface area (Å²) in [6.07, 6.45) is 12.1. The first-order chi connectivity index (χ1) is 8.40. The fourth-order valence-corrected chi connectivity index (χ4v) is 3.28. The number of unbranched alkanes of at least 4 members (excludes halogenated alkanes) is 1. The van der Waals surface area contributed by atoms with Crippen LogP contribution in [-0.4, -0.2) is 48.6 Å². The van der Waals surface area contributed by atoms with E-state index in [4.69, 9.17) is 0 Å². The summed E-state index contributed by atoms with van der Waals surface area (Å²) in [7, 11) is 0. The zero-order chi connectivity index (χ0) is 11.9. The summed E-state index contributed by atoms with van der Waals surface area (Å²) in [4.78, 5) is 2.77. The minimum Gasteiger partial charge on any atom is -0.313 e. The molecule has 2 nitrogen and oxygen atoms in total. The molecule has 100 valence electrons. The Hall–Kier alpha value is 0.270. The lowest BCUT2D eigenvalue weighted by Crippen LogP contribution is -2.44. The van der Waals surface area contributed by atoms with Gasteiger partial charge in [0.15, 0.2) is 0 Å². The second kappa shape index (κ2) is 7.65. The summed E-state index contributed by atoms with van der Waals surface area (Å²) < 4.78 is 0. The molecule has 1 heterocycles. The van der Waals surface area contributed by atoms with Gasteiger partial charge in [0.25, 0.3) is 0 Å². The largest absolute Gasteiger partial charge is 0.313 e. The Balaban J connectivity index is 1.65. The zero-order valence-electron chi connectivity index (χ0n) is 11.3. The molecule has 1 aliphatic heterocycles. The molecule has 2 rings (SSSR count). The molecule has 1 unspecified atom stereocenters. The Morgan fingerprint density at radius 1 is 1.18 bits per heavy atom. The second-order valence-corrected chi connectivity index (χ2v) is 6.56. The van der Waals surface area contributed by atoms with E-state index in [-0.39, 0.29) is 0 Å². The molecule has 1 atom stereocenters. The summed E-state index contributed by atoms with van der Waals surface area (Å²) >= 11 is 1.98. The predicted octanol–water partition coefficient (Wildman–Crippen LogP) is 2.74. The standard InChI is InChI=1S/C14H28N2S/c1-17-11-5-4-10-16(14-7-8-14)12-13-6-2-3-9-15-13/h13-15H,2-12H2,1H3. The molecule has 1 saturated heterocycles. The Bertz CT molecular complexity index is 200. The number of nitrogens with one attached hydrogen (secondary N) is 1. The van der Waals surface area contributed by atoms with Gasteiger partial charge in [-0.1, -0.05) is 6.42 Å². The van der Waals surface area contributed by atoms with Crippen LogP contribution < -0.4 is 5.32 Å². The monoisotopic (exact) mass is 256 g/mol. The molecule has 2 fully saturated rings. The van der Waals surface area contributed by atoms with Crippen LogP contribution in [0.5, 0.6) is 0 Å². The second-order valence-electron chi connectivity index (χ2n) is 5.57. The molecular weight excluding hydrogens is 228 g/mol. The average molecular weight is 256 g/mol. The summed E-state index contributed by atoms with van der Waals surface area (Å²) in [5.74, 6) is 1.33. The van der Waals surface area contributed by atoms with E-state index in [2.05, 4.69) is 16.5 Å². The van der Waals surface area contributed by atoms with Gasteiger partial charge < -0.3 is 5.32 Å². The average Bonchev–Trinajstić information content (AvgIpc) is 3.19. The quantitative estimate of drug-likeness (QED) is 0.672. The van der Waals surface area contributed by atoms with Gasteiger partial charge in [0.1, 0.15) is 0 Å². The first kappa shape index (κ1) is 13.7. The molecule has 1 aliphatic carbocycles. The van der Waals surface area contributed by atoms with Crippen molar-refractivity contribution in [3.63, 3.8) is 0 Å². The molecule has 1 saturated carbocycles. The third kappa shape index (κ3) is 5.19. The molecule has 0 amide bonds. The molecule has 0 aromatic heterocycles. The van der Waals surface area contributed by atoms with Gasteiger partial charge in [-0.05, 0) is 63.6 Å². The fourth-order valence-electron chi connectivity index (χ4n) is 2.79. The first-order valence-electron chi connectivity index (χ1n) is 7.36. The topological polar surface area (TPSA) is 15.3 Å². The van der Waals surface area contributed by atoms with Crippen molar-refractivity contribution in [2.75, 3.05) is 31.6 Å². The van der Waals surface area contributed by atoms with Crippen molar-refractivity contribution in [3.8, 4) is 0 Å². The number of piperidine rings is 1. The van der Waals surface area contributed by atoms with E-state index in [1.165, 1.54) is 70.3 Å². The molecule has 0 spiro atoms. The van der Waals surface area contributed by atoms with Gasteiger partial charge in [-0.15, -0.1) is 0 Å². The normalized spacial score (nSPS) is 25.4. The lowest BCUT2D eigenvalue weighted by Gasteiger charge is -2.30. The van der Waals surface area contributed by atoms with Crippen molar-refractivity contribution in [2.24, 2.45) is 0 Å². The van der Waals surface area contributed by atoms with E-state index in [9.17, 15) is 0 Å². The van der Waals surface area contributed by atoms with Gasteiger partial charge in [0.05, 0.1) is 0 Å². The smallest absolute Gasteiger partial charge is 0.0195 e. The molecule has 0 bridgehead atoms. The van der Waals surface area contributed by atoms with Gasteiger partial charge >= 0.3 is 0 Å². The maximum atomic E-state index is 3.69. The molecule has 1 N–H and O–H groups in total. The highest BCUT2D eigenvalue weighted by atomic mass is 32.2. The van der Waals surface area contributed by atoms with E-state index in [1.807, 2.05) is 11.8 Å². The van der Waals surface area contributed by atoms with Crippen molar-refractivity contribution in [2.45, 2.75) is 57.0 Å². The van der Waals surface area contributed by atoms with E-state index >= 15 is 0 Å². The summed E-state index contributed by atoms with van der Waals surface area (Å²) in [6, 6.07) is 1.72. The molecular formula is C14H28N2S. The summed E-state index contributed by atoms with van der Waals surface area (Å²) in [5, 5.41) is 3.69. The number of thioether (sulfide) groups is 1. The lowest BCUT2D eigenvalue weighted by molar-refractivity contribution is 0.213. The van der Waals surface area contributed by atoms with Crippen LogP contribution in [0.25, 0.3) is 0 Å². The highest BCUT2D eigenvalue weighted by molar-refractivity contribution is 7.98. The van der Waals surface area contributed by atoms with Gasteiger partial charge in [-0.2, -0.15) is 11.8 Å². The van der Waals surface area contributed by atoms with Crippen molar-refractivity contribution in [1.29, 1.82) is 0 Å². The van der Waals surface area contributed by atoms with Crippen LogP contribution in [-0.2, 0) is 0 Å². The minimum atomic E-state index is 0.782. The Morgan fingerprint density at radius 3 is 2.71 bits per heavy atom. The molecule has 0 aromatic carbocycles. The van der Waals surface area contributed by atoms with Crippen LogP contribution in [0.1, 0.15) is 44.9 Å².